The highest BCUT2D eigenvalue weighted by Gasteiger charge is 2.50. The molecule has 0 saturated heterocycles. The highest BCUT2D eigenvalue weighted by atomic mass is 16.5. The van der Waals surface area contributed by atoms with Crippen LogP contribution in [0.2, 0.25) is 0 Å². The van der Waals surface area contributed by atoms with Crippen LogP contribution in [-0.2, 0) is 14.9 Å². The number of nitrogen functional groups attached to an aromatic ring is 1. The van der Waals surface area contributed by atoms with Crippen LogP contribution in [0.1, 0.15) is 38.7 Å². The Hall–Kier alpha value is -1.55. The highest BCUT2D eigenvalue weighted by molar-refractivity contribution is 5.91. The SMILES string of the molecule is CC(C)OCCCNC(=O)C1(c2ccc(N)cc2)CC1. The summed E-state index contributed by atoms with van der Waals surface area (Å²) in [7, 11) is 0. The summed E-state index contributed by atoms with van der Waals surface area (Å²) in [6.45, 7) is 5.38. The van der Waals surface area contributed by atoms with Gasteiger partial charge in [0.15, 0.2) is 0 Å². The zero-order valence-corrected chi connectivity index (χ0v) is 12.3. The first-order valence-corrected chi connectivity index (χ1v) is 7.30. The minimum atomic E-state index is -0.313. The summed E-state index contributed by atoms with van der Waals surface area (Å²) in [5, 5.41) is 3.02. The van der Waals surface area contributed by atoms with Gasteiger partial charge in [0.25, 0.3) is 0 Å². The van der Waals surface area contributed by atoms with Gasteiger partial charge in [-0.2, -0.15) is 0 Å². The van der Waals surface area contributed by atoms with E-state index in [1.54, 1.807) is 0 Å². The van der Waals surface area contributed by atoms with E-state index >= 15 is 0 Å². The molecule has 4 nitrogen and oxygen atoms in total. The molecule has 3 N–H and O–H groups in total. The molecule has 0 radical (unpaired) electrons. The molecule has 2 rings (SSSR count). The van der Waals surface area contributed by atoms with Gasteiger partial charge in [0, 0.05) is 18.8 Å². The molecule has 0 aromatic heterocycles. The smallest absolute Gasteiger partial charge is 0.230 e. The molecule has 0 unspecified atom stereocenters. The third kappa shape index (κ3) is 3.51. The minimum absolute atomic E-state index is 0.131. The number of hydrogen-bond acceptors (Lipinski definition) is 3. The molecule has 0 heterocycles. The number of carbonyl (C=O) groups is 1. The number of benzene rings is 1. The quantitative estimate of drug-likeness (QED) is 0.593. The summed E-state index contributed by atoms with van der Waals surface area (Å²) in [6.07, 6.45) is 2.94. The van der Waals surface area contributed by atoms with E-state index in [0.717, 1.165) is 30.5 Å². The molecular weight excluding hydrogens is 252 g/mol. The molecule has 1 aliphatic carbocycles. The fraction of sp³-hybridized carbons (Fsp3) is 0.562. The Kier molecular flexibility index (Phi) is 4.65. The van der Waals surface area contributed by atoms with E-state index < -0.39 is 0 Å². The minimum Gasteiger partial charge on any atom is -0.399 e. The van der Waals surface area contributed by atoms with Gasteiger partial charge in [-0.3, -0.25) is 4.79 Å². The molecule has 1 saturated carbocycles. The monoisotopic (exact) mass is 276 g/mol. The van der Waals surface area contributed by atoms with Crippen molar-refractivity contribution in [2.24, 2.45) is 0 Å². The number of ether oxygens (including phenoxy) is 1. The van der Waals surface area contributed by atoms with E-state index in [9.17, 15) is 4.79 Å². The average molecular weight is 276 g/mol. The van der Waals surface area contributed by atoms with Gasteiger partial charge in [-0.25, -0.2) is 0 Å². The second kappa shape index (κ2) is 6.27. The molecule has 20 heavy (non-hydrogen) atoms. The van der Waals surface area contributed by atoms with Crippen molar-refractivity contribution in [2.75, 3.05) is 18.9 Å². The molecule has 0 bridgehead atoms. The number of amides is 1. The van der Waals surface area contributed by atoms with Crippen LogP contribution in [0.15, 0.2) is 24.3 Å². The van der Waals surface area contributed by atoms with Crippen molar-refractivity contribution in [3.8, 4) is 0 Å². The van der Waals surface area contributed by atoms with Gasteiger partial charge in [-0.1, -0.05) is 12.1 Å². The number of hydrogen-bond donors (Lipinski definition) is 2. The molecule has 1 amide bonds. The molecule has 0 atom stereocenters. The highest BCUT2D eigenvalue weighted by Crippen LogP contribution is 2.48. The maximum absolute atomic E-state index is 12.3. The topological polar surface area (TPSA) is 64.3 Å². The predicted octanol–water partition coefficient (Wildman–Crippen LogP) is 2.23. The number of nitrogens with two attached hydrogens (primary N) is 1. The third-order valence-electron chi connectivity index (χ3n) is 3.71. The summed E-state index contributed by atoms with van der Waals surface area (Å²) in [6, 6.07) is 7.64. The van der Waals surface area contributed by atoms with Crippen molar-refractivity contribution >= 4 is 11.6 Å². The maximum Gasteiger partial charge on any atom is 0.230 e. The molecule has 1 fully saturated rings. The third-order valence-corrected chi connectivity index (χ3v) is 3.71. The van der Waals surface area contributed by atoms with Gasteiger partial charge >= 0.3 is 0 Å². The zero-order chi connectivity index (χ0) is 14.6. The van der Waals surface area contributed by atoms with Crippen LogP contribution < -0.4 is 11.1 Å². The molecular formula is C16H24N2O2. The van der Waals surface area contributed by atoms with Gasteiger partial charge in [0.1, 0.15) is 0 Å². The van der Waals surface area contributed by atoms with Crippen LogP contribution in [-0.4, -0.2) is 25.2 Å². The standard InChI is InChI=1S/C16H24N2O2/c1-12(2)20-11-3-10-18-15(19)16(8-9-16)13-4-6-14(17)7-5-13/h4-7,12H,3,8-11,17H2,1-2H3,(H,18,19). The average Bonchev–Trinajstić information content (AvgIpc) is 3.20. The second-order valence-electron chi connectivity index (χ2n) is 5.73. The fourth-order valence-electron chi connectivity index (χ4n) is 2.34. The second-order valence-corrected chi connectivity index (χ2v) is 5.73. The first kappa shape index (κ1) is 14.9. The van der Waals surface area contributed by atoms with Crippen molar-refractivity contribution in [2.45, 2.75) is 44.6 Å². The van der Waals surface area contributed by atoms with Crippen LogP contribution in [0.3, 0.4) is 0 Å². The summed E-state index contributed by atoms with van der Waals surface area (Å²) < 4.78 is 5.46. The van der Waals surface area contributed by atoms with Gasteiger partial charge in [0.2, 0.25) is 5.91 Å². The predicted molar refractivity (Wildman–Crippen MR) is 80.5 cm³/mol. The van der Waals surface area contributed by atoms with E-state index in [0.29, 0.717) is 13.2 Å². The van der Waals surface area contributed by atoms with Crippen molar-refractivity contribution in [3.63, 3.8) is 0 Å². The molecule has 0 aliphatic heterocycles. The Morgan fingerprint density at radius 2 is 2.00 bits per heavy atom. The summed E-state index contributed by atoms with van der Waals surface area (Å²) in [5.74, 6) is 0.131. The normalized spacial score (nSPS) is 16.1. The van der Waals surface area contributed by atoms with E-state index in [2.05, 4.69) is 5.32 Å². The van der Waals surface area contributed by atoms with Crippen LogP contribution in [0.4, 0.5) is 5.69 Å². The Morgan fingerprint density at radius 3 is 2.55 bits per heavy atom. The van der Waals surface area contributed by atoms with Gasteiger partial charge in [-0.05, 0) is 50.8 Å². The van der Waals surface area contributed by atoms with Crippen molar-refractivity contribution in [3.05, 3.63) is 29.8 Å². The first-order chi connectivity index (χ1) is 9.54. The van der Waals surface area contributed by atoms with E-state index in [1.807, 2.05) is 38.1 Å². The van der Waals surface area contributed by atoms with Crippen LogP contribution in [0, 0.1) is 0 Å². The Morgan fingerprint density at radius 1 is 1.35 bits per heavy atom. The van der Waals surface area contributed by atoms with Gasteiger partial charge in [0.05, 0.1) is 11.5 Å². The van der Waals surface area contributed by atoms with Crippen LogP contribution in [0.25, 0.3) is 0 Å². The van der Waals surface area contributed by atoms with Crippen molar-refractivity contribution in [1.82, 2.24) is 5.32 Å². The first-order valence-electron chi connectivity index (χ1n) is 7.30. The Balaban J connectivity index is 1.81. The zero-order valence-electron chi connectivity index (χ0n) is 12.3. The lowest BCUT2D eigenvalue weighted by molar-refractivity contribution is -0.123. The van der Waals surface area contributed by atoms with E-state index in [1.165, 1.54) is 0 Å². The lowest BCUT2D eigenvalue weighted by atomic mass is 9.95. The lowest BCUT2D eigenvalue weighted by Crippen LogP contribution is -2.35. The Bertz CT molecular complexity index is 450. The summed E-state index contributed by atoms with van der Waals surface area (Å²) >= 11 is 0. The summed E-state index contributed by atoms with van der Waals surface area (Å²) in [5.41, 5.74) is 7.18. The molecule has 1 aromatic carbocycles. The number of carbonyl (C=O) groups excluding carboxylic acids is 1. The van der Waals surface area contributed by atoms with Crippen molar-refractivity contribution in [1.29, 1.82) is 0 Å². The van der Waals surface area contributed by atoms with E-state index in [4.69, 9.17) is 10.5 Å². The van der Waals surface area contributed by atoms with Crippen LogP contribution in [0.5, 0.6) is 0 Å². The molecule has 1 aliphatic rings. The molecule has 4 heteroatoms. The fourth-order valence-corrected chi connectivity index (χ4v) is 2.34. The maximum atomic E-state index is 12.3. The largest absolute Gasteiger partial charge is 0.399 e. The van der Waals surface area contributed by atoms with Gasteiger partial charge in [-0.15, -0.1) is 0 Å². The lowest BCUT2D eigenvalue weighted by Gasteiger charge is -2.16. The van der Waals surface area contributed by atoms with Crippen LogP contribution >= 0.6 is 0 Å². The molecule has 1 aromatic rings. The van der Waals surface area contributed by atoms with E-state index in [-0.39, 0.29) is 17.4 Å². The molecule has 0 spiro atoms. The number of rotatable bonds is 7. The van der Waals surface area contributed by atoms with Crippen molar-refractivity contribution < 1.29 is 9.53 Å². The number of nitrogens with one attached hydrogen (secondary N) is 1. The Labute approximate surface area is 120 Å². The molecule has 110 valence electrons. The number of anilines is 1. The van der Waals surface area contributed by atoms with Gasteiger partial charge < -0.3 is 15.8 Å². The summed E-state index contributed by atoms with van der Waals surface area (Å²) in [4.78, 5) is 12.3.